The number of benzene rings is 1. The van der Waals surface area contributed by atoms with Gasteiger partial charge in [-0.3, -0.25) is 9.59 Å². The Hall–Kier alpha value is -2.60. The van der Waals surface area contributed by atoms with Gasteiger partial charge in [-0.2, -0.15) is 0 Å². The van der Waals surface area contributed by atoms with Crippen molar-refractivity contribution in [3.05, 3.63) is 59.5 Å². The van der Waals surface area contributed by atoms with Crippen LogP contribution in [0.1, 0.15) is 35.5 Å². The highest BCUT2D eigenvalue weighted by molar-refractivity contribution is 5.97. The lowest BCUT2D eigenvalue weighted by molar-refractivity contribution is -0.123. The second kappa shape index (κ2) is 7.31. The molecule has 1 heterocycles. The molecule has 24 heavy (non-hydrogen) atoms. The standard InChI is InChI=1S/C18H22N2O4/c1-12-6-4-7-14(10-12)17(22)20-13(2)16(21)19-11-18(3,23)15-8-5-9-24-15/h4-10,13,23H,11H2,1-3H3,(H,19,21)(H,20,22). The first-order chi connectivity index (χ1) is 11.3. The molecule has 0 aliphatic heterocycles. The number of nitrogens with one attached hydrogen (secondary N) is 2. The van der Waals surface area contributed by atoms with Crippen molar-refractivity contribution < 1.29 is 19.1 Å². The lowest BCUT2D eigenvalue weighted by atomic mass is 10.0. The Labute approximate surface area is 140 Å². The van der Waals surface area contributed by atoms with E-state index in [-0.39, 0.29) is 18.4 Å². The lowest BCUT2D eigenvalue weighted by Gasteiger charge is -2.22. The first-order valence-corrected chi connectivity index (χ1v) is 7.71. The van der Waals surface area contributed by atoms with Gasteiger partial charge in [-0.05, 0) is 45.0 Å². The SMILES string of the molecule is Cc1cccc(C(=O)NC(C)C(=O)NCC(C)(O)c2ccco2)c1. The summed E-state index contributed by atoms with van der Waals surface area (Å²) in [7, 11) is 0. The van der Waals surface area contributed by atoms with E-state index in [0.717, 1.165) is 5.56 Å². The van der Waals surface area contributed by atoms with E-state index in [0.29, 0.717) is 11.3 Å². The van der Waals surface area contributed by atoms with Gasteiger partial charge in [-0.25, -0.2) is 0 Å². The minimum atomic E-state index is -1.32. The first-order valence-electron chi connectivity index (χ1n) is 7.71. The molecule has 0 aliphatic carbocycles. The third-order valence-corrected chi connectivity index (χ3v) is 3.68. The fraction of sp³-hybridized carbons (Fsp3) is 0.333. The Kier molecular flexibility index (Phi) is 5.41. The summed E-state index contributed by atoms with van der Waals surface area (Å²) in [5.74, 6) is -0.346. The van der Waals surface area contributed by atoms with E-state index in [4.69, 9.17) is 4.42 Å². The number of aliphatic hydroxyl groups is 1. The molecule has 0 bridgehead atoms. The highest BCUT2D eigenvalue weighted by Crippen LogP contribution is 2.19. The van der Waals surface area contributed by atoms with Crippen molar-refractivity contribution in [2.24, 2.45) is 0 Å². The normalized spacial score (nSPS) is 14.5. The van der Waals surface area contributed by atoms with Gasteiger partial charge in [0.1, 0.15) is 17.4 Å². The van der Waals surface area contributed by atoms with Gasteiger partial charge in [0, 0.05) is 5.56 Å². The summed E-state index contributed by atoms with van der Waals surface area (Å²) < 4.78 is 5.15. The summed E-state index contributed by atoms with van der Waals surface area (Å²) in [4.78, 5) is 24.3. The van der Waals surface area contributed by atoms with Crippen LogP contribution >= 0.6 is 0 Å². The zero-order chi connectivity index (χ0) is 17.7. The topological polar surface area (TPSA) is 91.6 Å². The van der Waals surface area contributed by atoms with E-state index in [1.54, 1.807) is 44.2 Å². The van der Waals surface area contributed by atoms with Crippen molar-refractivity contribution in [2.75, 3.05) is 6.54 Å². The number of furan rings is 1. The van der Waals surface area contributed by atoms with E-state index < -0.39 is 11.6 Å². The Morgan fingerprint density at radius 2 is 2.04 bits per heavy atom. The van der Waals surface area contributed by atoms with E-state index >= 15 is 0 Å². The van der Waals surface area contributed by atoms with Gasteiger partial charge in [0.2, 0.25) is 5.91 Å². The summed E-state index contributed by atoms with van der Waals surface area (Å²) >= 11 is 0. The summed E-state index contributed by atoms with van der Waals surface area (Å²) in [5, 5.41) is 15.6. The molecule has 0 spiro atoms. The maximum Gasteiger partial charge on any atom is 0.251 e. The van der Waals surface area contributed by atoms with Crippen LogP contribution in [0.2, 0.25) is 0 Å². The van der Waals surface area contributed by atoms with Crippen LogP contribution in [0.25, 0.3) is 0 Å². The van der Waals surface area contributed by atoms with Gasteiger partial charge in [0.25, 0.3) is 5.91 Å². The molecule has 3 N–H and O–H groups in total. The molecule has 1 aromatic carbocycles. The molecule has 2 unspecified atom stereocenters. The van der Waals surface area contributed by atoms with Crippen molar-refractivity contribution >= 4 is 11.8 Å². The molecule has 128 valence electrons. The van der Waals surface area contributed by atoms with Crippen LogP contribution < -0.4 is 10.6 Å². The van der Waals surface area contributed by atoms with E-state index in [1.807, 2.05) is 13.0 Å². The van der Waals surface area contributed by atoms with Crippen molar-refractivity contribution in [1.82, 2.24) is 10.6 Å². The third-order valence-electron chi connectivity index (χ3n) is 3.68. The smallest absolute Gasteiger partial charge is 0.251 e. The van der Waals surface area contributed by atoms with Crippen LogP contribution in [0.4, 0.5) is 0 Å². The highest BCUT2D eigenvalue weighted by atomic mass is 16.4. The van der Waals surface area contributed by atoms with Crippen LogP contribution in [0, 0.1) is 6.92 Å². The number of amides is 2. The lowest BCUT2D eigenvalue weighted by Crippen LogP contribution is -2.48. The van der Waals surface area contributed by atoms with Crippen LogP contribution in [0.3, 0.4) is 0 Å². The van der Waals surface area contributed by atoms with Gasteiger partial charge in [-0.15, -0.1) is 0 Å². The Bertz CT molecular complexity index is 708. The van der Waals surface area contributed by atoms with E-state index in [2.05, 4.69) is 10.6 Å². The van der Waals surface area contributed by atoms with E-state index in [1.165, 1.54) is 6.26 Å². The van der Waals surface area contributed by atoms with Crippen molar-refractivity contribution in [1.29, 1.82) is 0 Å². The second-order valence-corrected chi connectivity index (χ2v) is 6.03. The number of rotatable bonds is 6. The minimum Gasteiger partial charge on any atom is -0.466 e. The zero-order valence-electron chi connectivity index (χ0n) is 14.0. The molecule has 2 amide bonds. The van der Waals surface area contributed by atoms with Crippen LogP contribution in [0.5, 0.6) is 0 Å². The average molecular weight is 330 g/mol. The molecule has 6 nitrogen and oxygen atoms in total. The molecule has 0 saturated heterocycles. The van der Waals surface area contributed by atoms with Crippen LogP contribution in [0.15, 0.2) is 47.1 Å². The maximum atomic E-state index is 12.1. The van der Waals surface area contributed by atoms with Crippen LogP contribution in [-0.4, -0.2) is 29.5 Å². The van der Waals surface area contributed by atoms with Gasteiger partial charge in [0.05, 0.1) is 12.8 Å². The van der Waals surface area contributed by atoms with Crippen molar-refractivity contribution in [3.63, 3.8) is 0 Å². The quantitative estimate of drug-likeness (QED) is 0.752. The number of aryl methyl sites for hydroxylation is 1. The van der Waals surface area contributed by atoms with Crippen molar-refractivity contribution in [3.8, 4) is 0 Å². The molecule has 2 aromatic rings. The fourth-order valence-electron chi connectivity index (χ4n) is 2.22. The Balaban J connectivity index is 1.89. The van der Waals surface area contributed by atoms with Gasteiger partial charge >= 0.3 is 0 Å². The average Bonchev–Trinajstić information content (AvgIpc) is 3.08. The predicted octanol–water partition coefficient (Wildman–Crippen LogP) is 1.73. The predicted molar refractivity (Wildman–Crippen MR) is 89.4 cm³/mol. The van der Waals surface area contributed by atoms with Gasteiger partial charge in [-0.1, -0.05) is 17.7 Å². The van der Waals surface area contributed by atoms with Crippen LogP contribution in [-0.2, 0) is 10.4 Å². The zero-order valence-corrected chi connectivity index (χ0v) is 14.0. The van der Waals surface area contributed by atoms with E-state index in [9.17, 15) is 14.7 Å². The fourth-order valence-corrected chi connectivity index (χ4v) is 2.22. The molecule has 2 atom stereocenters. The summed E-state index contributed by atoms with van der Waals surface area (Å²) in [6.45, 7) is 5.00. The highest BCUT2D eigenvalue weighted by Gasteiger charge is 2.28. The number of carbonyl (C=O) groups is 2. The second-order valence-electron chi connectivity index (χ2n) is 6.03. The molecule has 0 aliphatic rings. The number of carbonyl (C=O) groups excluding carboxylic acids is 2. The van der Waals surface area contributed by atoms with Gasteiger partial charge < -0.3 is 20.2 Å². The van der Waals surface area contributed by atoms with Crippen molar-refractivity contribution in [2.45, 2.75) is 32.4 Å². The summed E-state index contributed by atoms with van der Waals surface area (Å²) in [5.41, 5.74) is 0.144. The molecule has 2 rings (SSSR count). The number of hydrogen-bond acceptors (Lipinski definition) is 4. The largest absolute Gasteiger partial charge is 0.466 e. The third kappa shape index (κ3) is 4.45. The van der Waals surface area contributed by atoms with Gasteiger partial charge in [0.15, 0.2) is 0 Å². The molecular weight excluding hydrogens is 308 g/mol. The Morgan fingerprint density at radius 3 is 2.67 bits per heavy atom. The molecule has 0 saturated carbocycles. The summed E-state index contributed by atoms with van der Waals surface area (Å²) in [6, 6.07) is 9.69. The molecule has 0 radical (unpaired) electrons. The monoisotopic (exact) mass is 330 g/mol. The molecule has 1 aromatic heterocycles. The maximum absolute atomic E-state index is 12.1. The first kappa shape index (κ1) is 17.7. The Morgan fingerprint density at radius 1 is 1.29 bits per heavy atom. The molecule has 6 heteroatoms. The molecule has 0 fully saturated rings. The molecular formula is C18H22N2O4. The summed E-state index contributed by atoms with van der Waals surface area (Å²) in [6.07, 6.45) is 1.45. The minimum absolute atomic E-state index is 0.0238. The number of hydrogen-bond donors (Lipinski definition) is 3.